The molecule has 0 aromatic carbocycles. The Balaban J connectivity index is 1.49. The van der Waals surface area contributed by atoms with E-state index in [9.17, 15) is 0 Å². The number of likely N-dealkylation sites (tertiary alicyclic amines) is 2. The van der Waals surface area contributed by atoms with Gasteiger partial charge in [0.15, 0.2) is 0 Å². The largest absolute Gasteiger partial charge is 0.330 e. The smallest absolute Gasteiger partial charge is 0.0235 e. The molecule has 3 aliphatic rings. The predicted molar refractivity (Wildman–Crippen MR) is 80.2 cm³/mol. The molecule has 0 amide bonds. The third-order valence-corrected chi connectivity index (χ3v) is 5.70. The normalized spacial score (nSPS) is 35.8. The van der Waals surface area contributed by atoms with Crippen LogP contribution < -0.4 is 5.73 Å². The summed E-state index contributed by atoms with van der Waals surface area (Å²) >= 11 is 0. The molecular formula is C16H31N3. The van der Waals surface area contributed by atoms with Crippen LogP contribution in [0.25, 0.3) is 0 Å². The van der Waals surface area contributed by atoms with Gasteiger partial charge < -0.3 is 5.73 Å². The zero-order chi connectivity index (χ0) is 13.1. The molecule has 0 spiro atoms. The number of nitrogens with zero attached hydrogens (tertiary/aromatic N) is 2. The summed E-state index contributed by atoms with van der Waals surface area (Å²) in [6.07, 6.45) is 11.5. The van der Waals surface area contributed by atoms with E-state index in [1.165, 1.54) is 77.5 Å². The van der Waals surface area contributed by atoms with Gasteiger partial charge in [-0.3, -0.25) is 9.80 Å². The molecule has 1 aliphatic carbocycles. The van der Waals surface area contributed by atoms with Crippen molar-refractivity contribution < 1.29 is 0 Å². The first-order valence-electron chi connectivity index (χ1n) is 8.55. The first-order chi connectivity index (χ1) is 9.36. The quantitative estimate of drug-likeness (QED) is 0.793. The first kappa shape index (κ1) is 13.8. The number of hydrogen-bond donors (Lipinski definition) is 1. The minimum atomic E-state index is 0.770. The van der Waals surface area contributed by atoms with E-state index >= 15 is 0 Å². The van der Waals surface area contributed by atoms with E-state index in [1.807, 2.05) is 0 Å². The molecule has 3 rings (SSSR count). The number of hydrogen-bond acceptors (Lipinski definition) is 3. The van der Waals surface area contributed by atoms with E-state index in [4.69, 9.17) is 5.73 Å². The van der Waals surface area contributed by atoms with Crippen LogP contribution in [-0.2, 0) is 0 Å². The molecule has 0 aromatic rings. The van der Waals surface area contributed by atoms with Gasteiger partial charge in [-0.15, -0.1) is 0 Å². The summed E-state index contributed by atoms with van der Waals surface area (Å²) < 4.78 is 0. The zero-order valence-electron chi connectivity index (χ0n) is 12.4. The summed E-state index contributed by atoms with van der Waals surface area (Å²) in [7, 11) is 0. The van der Waals surface area contributed by atoms with Crippen molar-refractivity contribution in [1.82, 2.24) is 9.80 Å². The Morgan fingerprint density at radius 1 is 0.737 bits per heavy atom. The van der Waals surface area contributed by atoms with Gasteiger partial charge in [0.05, 0.1) is 0 Å². The lowest BCUT2D eigenvalue weighted by atomic mass is 10.1. The van der Waals surface area contributed by atoms with Crippen LogP contribution in [0.5, 0.6) is 0 Å². The molecule has 2 atom stereocenters. The van der Waals surface area contributed by atoms with Crippen molar-refractivity contribution in [2.75, 3.05) is 32.7 Å². The molecule has 2 saturated heterocycles. The van der Waals surface area contributed by atoms with Crippen LogP contribution in [0.15, 0.2) is 0 Å². The molecule has 3 fully saturated rings. The Hall–Kier alpha value is -0.120. The van der Waals surface area contributed by atoms with Gasteiger partial charge in [0, 0.05) is 31.7 Å². The average molecular weight is 265 g/mol. The molecular weight excluding hydrogens is 234 g/mol. The highest BCUT2D eigenvalue weighted by atomic mass is 15.3. The highest BCUT2D eigenvalue weighted by Gasteiger charge is 2.34. The fourth-order valence-electron chi connectivity index (χ4n) is 4.41. The van der Waals surface area contributed by atoms with Gasteiger partial charge in [-0.25, -0.2) is 0 Å². The molecule has 2 heterocycles. The zero-order valence-corrected chi connectivity index (χ0v) is 12.4. The molecule has 0 radical (unpaired) electrons. The highest BCUT2D eigenvalue weighted by Crippen LogP contribution is 2.28. The number of nitrogens with two attached hydrogens (primary N) is 1. The van der Waals surface area contributed by atoms with Gasteiger partial charge >= 0.3 is 0 Å². The lowest BCUT2D eigenvalue weighted by Gasteiger charge is -2.29. The predicted octanol–water partition coefficient (Wildman–Crippen LogP) is 2.06. The maximum absolute atomic E-state index is 5.82. The highest BCUT2D eigenvalue weighted by molar-refractivity contribution is 4.90. The maximum atomic E-state index is 5.82. The molecule has 2 unspecified atom stereocenters. The van der Waals surface area contributed by atoms with Gasteiger partial charge in [-0.1, -0.05) is 25.7 Å². The summed E-state index contributed by atoms with van der Waals surface area (Å²) in [5.74, 6) is 0.770. The summed E-state index contributed by atoms with van der Waals surface area (Å²) in [6, 6.07) is 1.74. The van der Waals surface area contributed by atoms with E-state index in [1.54, 1.807) is 0 Å². The van der Waals surface area contributed by atoms with Crippen LogP contribution >= 0.6 is 0 Å². The summed E-state index contributed by atoms with van der Waals surface area (Å²) in [4.78, 5) is 5.54. The van der Waals surface area contributed by atoms with Gasteiger partial charge in [-0.05, 0) is 44.7 Å². The van der Waals surface area contributed by atoms with Crippen molar-refractivity contribution in [2.24, 2.45) is 11.7 Å². The summed E-state index contributed by atoms with van der Waals surface area (Å²) in [5.41, 5.74) is 5.82. The van der Waals surface area contributed by atoms with Gasteiger partial charge in [0.1, 0.15) is 0 Å². The Morgan fingerprint density at radius 3 is 2.11 bits per heavy atom. The van der Waals surface area contributed by atoms with Crippen LogP contribution in [0.4, 0.5) is 0 Å². The van der Waals surface area contributed by atoms with Crippen LogP contribution in [0.2, 0.25) is 0 Å². The second kappa shape index (κ2) is 6.55. The van der Waals surface area contributed by atoms with E-state index in [-0.39, 0.29) is 0 Å². The second-order valence-corrected chi connectivity index (χ2v) is 6.97. The fraction of sp³-hybridized carbons (Fsp3) is 1.00. The Bertz CT molecular complexity index is 273. The fourth-order valence-corrected chi connectivity index (χ4v) is 4.41. The van der Waals surface area contributed by atoms with Crippen LogP contribution in [-0.4, -0.2) is 54.6 Å². The second-order valence-electron chi connectivity index (χ2n) is 6.97. The monoisotopic (exact) mass is 265 g/mol. The molecule has 1 saturated carbocycles. The van der Waals surface area contributed by atoms with Crippen molar-refractivity contribution >= 4 is 0 Å². The minimum absolute atomic E-state index is 0.770. The minimum Gasteiger partial charge on any atom is -0.330 e. The van der Waals surface area contributed by atoms with Crippen molar-refractivity contribution in [3.05, 3.63) is 0 Å². The van der Waals surface area contributed by atoms with Gasteiger partial charge in [-0.2, -0.15) is 0 Å². The van der Waals surface area contributed by atoms with E-state index in [0.29, 0.717) is 0 Å². The van der Waals surface area contributed by atoms with E-state index in [2.05, 4.69) is 9.80 Å². The maximum Gasteiger partial charge on any atom is 0.0235 e. The van der Waals surface area contributed by atoms with E-state index in [0.717, 1.165) is 24.5 Å². The average Bonchev–Trinajstić information content (AvgIpc) is 3.02. The SMILES string of the molecule is NCC1CCN(C2CCN(C3CCCCCC3)C2)C1. The molecule has 3 heteroatoms. The Labute approximate surface area is 118 Å². The number of rotatable bonds is 3. The third-order valence-electron chi connectivity index (χ3n) is 5.70. The molecule has 110 valence electrons. The standard InChI is InChI=1S/C16H31N3/c17-11-14-7-9-18(12-14)16-8-10-19(13-16)15-5-3-1-2-4-6-15/h14-16H,1-13,17H2. The van der Waals surface area contributed by atoms with E-state index < -0.39 is 0 Å². The van der Waals surface area contributed by atoms with Crippen molar-refractivity contribution in [3.63, 3.8) is 0 Å². The van der Waals surface area contributed by atoms with Crippen LogP contribution in [0.3, 0.4) is 0 Å². The van der Waals surface area contributed by atoms with Gasteiger partial charge in [0.2, 0.25) is 0 Å². The Morgan fingerprint density at radius 2 is 1.42 bits per heavy atom. The molecule has 2 aliphatic heterocycles. The van der Waals surface area contributed by atoms with Gasteiger partial charge in [0.25, 0.3) is 0 Å². The molecule has 2 N–H and O–H groups in total. The first-order valence-corrected chi connectivity index (χ1v) is 8.55. The van der Waals surface area contributed by atoms with Crippen LogP contribution in [0, 0.1) is 5.92 Å². The van der Waals surface area contributed by atoms with Crippen molar-refractivity contribution in [1.29, 1.82) is 0 Å². The Kier molecular flexibility index (Phi) is 4.78. The summed E-state index contributed by atoms with van der Waals surface area (Å²) in [5, 5.41) is 0. The molecule has 19 heavy (non-hydrogen) atoms. The molecule has 3 nitrogen and oxygen atoms in total. The molecule has 0 bridgehead atoms. The lowest BCUT2D eigenvalue weighted by Crippen LogP contribution is -2.39. The van der Waals surface area contributed by atoms with Crippen molar-refractivity contribution in [3.8, 4) is 0 Å². The molecule has 0 aromatic heterocycles. The van der Waals surface area contributed by atoms with Crippen LogP contribution in [0.1, 0.15) is 51.4 Å². The van der Waals surface area contributed by atoms with Crippen molar-refractivity contribution in [2.45, 2.75) is 63.5 Å². The summed E-state index contributed by atoms with van der Waals surface area (Å²) in [6.45, 7) is 6.13. The topological polar surface area (TPSA) is 32.5 Å². The lowest BCUT2D eigenvalue weighted by molar-refractivity contribution is 0.185. The third kappa shape index (κ3) is 3.32.